The minimum Gasteiger partial charge on any atom is -0.516 e. The molecule has 0 aromatic carbocycles. The van der Waals surface area contributed by atoms with Gasteiger partial charge in [0.1, 0.15) is 0 Å². The van der Waals surface area contributed by atoms with E-state index in [1.165, 1.54) is 23.0 Å². The minimum atomic E-state index is -0.449. The van der Waals surface area contributed by atoms with E-state index >= 15 is 0 Å². The molecular formula is C14H16N4O3. The van der Waals surface area contributed by atoms with Crippen LogP contribution in [0.15, 0.2) is 53.6 Å². The fourth-order valence-corrected chi connectivity index (χ4v) is 2.12. The van der Waals surface area contributed by atoms with Crippen LogP contribution in [0.2, 0.25) is 0 Å². The Kier molecular flexibility index (Phi) is 4.22. The second-order valence-electron chi connectivity index (χ2n) is 4.34. The Labute approximate surface area is 120 Å². The lowest BCUT2D eigenvalue weighted by molar-refractivity contribution is 0.469. The maximum absolute atomic E-state index is 12.5. The predicted octanol–water partition coefficient (Wildman–Crippen LogP) is 0.803. The van der Waals surface area contributed by atoms with Crippen LogP contribution in [0.5, 0.6) is 0 Å². The molecule has 0 saturated heterocycles. The topological polar surface area (TPSA) is 82.0 Å². The molecule has 110 valence electrons. The van der Waals surface area contributed by atoms with E-state index < -0.39 is 11.2 Å². The van der Waals surface area contributed by atoms with Crippen LogP contribution in [0.1, 0.15) is 0 Å². The van der Waals surface area contributed by atoms with Crippen LogP contribution >= 0.6 is 0 Å². The van der Waals surface area contributed by atoms with Crippen molar-refractivity contribution in [2.45, 2.75) is 19.6 Å². The molecule has 0 aliphatic heterocycles. The lowest BCUT2D eigenvalue weighted by atomic mass is 10.4. The van der Waals surface area contributed by atoms with E-state index in [-0.39, 0.29) is 19.6 Å². The van der Waals surface area contributed by atoms with Gasteiger partial charge in [-0.3, -0.25) is 13.9 Å². The number of aliphatic hydroxyl groups is 1. The Bertz CT molecular complexity index is 823. The molecule has 0 atom stereocenters. The molecule has 1 N–H and O–H groups in total. The summed E-state index contributed by atoms with van der Waals surface area (Å²) in [6, 6.07) is 0. The van der Waals surface area contributed by atoms with E-state index in [4.69, 9.17) is 5.11 Å². The van der Waals surface area contributed by atoms with Crippen molar-refractivity contribution in [2.75, 3.05) is 0 Å². The highest BCUT2D eigenvalue weighted by Gasteiger charge is 2.16. The molecule has 0 fully saturated rings. The summed E-state index contributed by atoms with van der Waals surface area (Å²) in [5.74, 6) is 0. The number of hydrogen-bond acceptors (Lipinski definition) is 4. The quantitative estimate of drug-likeness (QED) is 0.629. The maximum atomic E-state index is 12.5. The molecule has 7 heteroatoms. The monoisotopic (exact) mass is 288 g/mol. The van der Waals surface area contributed by atoms with Crippen molar-refractivity contribution < 1.29 is 5.11 Å². The first kappa shape index (κ1) is 14.6. The first-order valence-electron chi connectivity index (χ1n) is 6.35. The third-order valence-electron chi connectivity index (χ3n) is 3.01. The standard InChI is InChI=1S/C14H16N4O3/c1-3-6-17-12-11(16(10-15-12)8-5-9-19)13(20)18(7-4-2)14(17)21/h3-5,9-10,19H,1-2,6-8H2. The maximum Gasteiger partial charge on any atom is 0.333 e. The third kappa shape index (κ3) is 2.45. The van der Waals surface area contributed by atoms with Gasteiger partial charge in [0, 0.05) is 19.6 Å². The molecule has 2 rings (SSSR count). The molecule has 0 bridgehead atoms. The Balaban J connectivity index is 2.85. The molecule has 2 heterocycles. The number of fused-ring (bicyclic) bond motifs is 1. The smallest absolute Gasteiger partial charge is 0.333 e. The van der Waals surface area contributed by atoms with Crippen molar-refractivity contribution in [3.63, 3.8) is 0 Å². The van der Waals surface area contributed by atoms with E-state index in [2.05, 4.69) is 18.1 Å². The summed E-state index contributed by atoms with van der Waals surface area (Å²) in [6.45, 7) is 7.82. The molecule has 0 saturated carbocycles. The molecule has 0 radical (unpaired) electrons. The molecule has 2 aromatic rings. The van der Waals surface area contributed by atoms with Gasteiger partial charge in [-0.25, -0.2) is 9.78 Å². The highest BCUT2D eigenvalue weighted by Crippen LogP contribution is 2.07. The zero-order chi connectivity index (χ0) is 15.4. The summed E-state index contributed by atoms with van der Waals surface area (Å²) in [4.78, 5) is 28.9. The second-order valence-corrected chi connectivity index (χ2v) is 4.34. The molecule has 0 aliphatic rings. The molecule has 2 aromatic heterocycles. The van der Waals surface area contributed by atoms with E-state index in [0.717, 1.165) is 10.8 Å². The molecular weight excluding hydrogens is 272 g/mol. The minimum absolute atomic E-state index is 0.117. The van der Waals surface area contributed by atoms with Crippen LogP contribution < -0.4 is 11.2 Å². The molecule has 0 spiro atoms. The highest BCUT2D eigenvalue weighted by molar-refractivity contribution is 5.70. The fraction of sp³-hybridized carbons (Fsp3) is 0.214. The van der Waals surface area contributed by atoms with Gasteiger partial charge in [-0.15, -0.1) is 13.2 Å². The molecule has 0 aliphatic carbocycles. The van der Waals surface area contributed by atoms with Gasteiger partial charge in [0.2, 0.25) is 0 Å². The number of aliphatic hydroxyl groups excluding tert-OH is 1. The van der Waals surface area contributed by atoms with Gasteiger partial charge in [0.25, 0.3) is 5.56 Å². The SMILES string of the molecule is C=CCn1c(=O)c2c(ncn2CC=CO)n(CC=C)c1=O. The van der Waals surface area contributed by atoms with Crippen LogP contribution in [0.25, 0.3) is 11.2 Å². The normalized spacial score (nSPS) is 11.2. The molecule has 21 heavy (non-hydrogen) atoms. The van der Waals surface area contributed by atoms with Gasteiger partial charge in [0.05, 0.1) is 12.6 Å². The van der Waals surface area contributed by atoms with Gasteiger partial charge in [-0.1, -0.05) is 12.2 Å². The average molecular weight is 288 g/mol. The number of nitrogens with zero attached hydrogens (tertiary/aromatic N) is 4. The highest BCUT2D eigenvalue weighted by atomic mass is 16.2. The van der Waals surface area contributed by atoms with Crippen molar-refractivity contribution in [1.29, 1.82) is 0 Å². The first-order valence-corrected chi connectivity index (χ1v) is 6.35. The Morgan fingerprint density at radius 1 is 1.14 bits per heavy atom. The molecule has 0 unspecified atom stereocenters. The van der Waals surface area contributed by atoms with E-state index in [1.807, 2.05) is 0 Å². The largest absolute Gasteiger partial charge is 0.516 e. The summed E-state index contributed by atoms with van der Waals surface area (Å²) in [7, 11) is 0. The summed E-state index contributed by atoms with van der Waals surface area (Å²) in [5.41, 5.74) is -0.276. The van der Waals surface area contributed by atoms with Crippen LogP contribution in [-0.4, -0.2) is 23.8 Å². The second kappa shape index (κ2) is 6.08. The first-order chi connectivity index (χ1) is 10.2. The van der Waals surface area contributed by atoms with Gasteiger partial charge in [-0.05, 0) is 6.08 Å². The van der Waals surface area contributed by atoms with Gasteiger partial charge in [-0.2, -0.15) is 0 Å². The summed E-state index contributed by atoms with van der Waals surface area (Å²) < 4.78 is 4.05. The van der Waals surface area contributed by atoms with Crippen LogP contribution in [0.3, 0.4) is 0 Å². The summed E-state index contributed by atoms with van der Waals surface area (Å²) in [5, 5.41) is 8.75. The van der Waals surface area contributed by atoms with Crippen molar-refractivity contribution in [3.8, 4) is 0 Å². The Morgan fingerprint density at radius 3 is 2.43 bits per heavy atom. The zero-order valence-electron chi connectivity index (χ0n) is 11.5. The van der Waals surface area contributed by atoms with Crippen LogP contribution in [-0.2, 0) is 19.6 Å². The van der Waals surface area contributed by atoms with Crippen molar-refractivity contribution in [2.24, 2.45) is 0 Å². The summed E-state index contributed by atoms with van der Waals surface area (Å²) >= 11 is 0. The van der Waals surface area contributed by atoms with Crippen molar-refractivity contribution in [3.05, 3.63) is 64.8 Å². The molecule has 7 nitrogen and oxygen atoms in total. The van der Waals surface area contributed by atoms with E-state index in [1.54, 1.807) is 10.6 Å². The number of allylic oxidation sites excluding steroid dienone is 3. The third-order valence-corrected chi connectivity index (χ3v) is 3.01. The van der Waals surface area contributed by atoms with Crippen LogP contribution in [0.4, 0.5) is 0 Å². The average Bonchev–Trinajstić information content (AvgIpc) is 2.89. The number of rotatable bonds is 6. The van der Waals surface area contributed by atoms with Crippen molar-refractivity contribution in [1.82, 2.24) is 18.7 Å². The van der Waals surface area contributed by atoms with Gasteiger partial charge < -0.3 is 9.67 Å². The number of hydrogen-bond donors (Lipinski definition) is 1. The summed E-state index contributed by atoms with van der Waals surface area (Å²) in [6.07, 6.45) is 6.88. The lowest BCUT2D eigenvalue weighted by Gasteiger charge is -2.09. The number of imidazole rings is 1. The molecule has 0 amide bonds. The van der Waals surface area contributed by atoms with Gasteiger partial charge >= 0.3 is 5.69 Å². The number of aromatic nitrogens is 4. The van der Waals surface area contributed by atoms with Gasteiger partial charge in [0.15, 0.2) is 11.2 Å². The zero-order valence-corrected chi connectivity index (χ0v) is 11.5. The van der Waals surface area contributed by atoms with E-state index in [0.29, 0.717) is 11.2 Å². The van der Waals surface area contributed by atoms with E-state index in [9.17, 15) is 9.59 Å². The fourth-order valence-electron chi connectivity index (χ4n) is 2.12. The predicted molar refractivity (Wildman–Crippen MR) is 80.4 cm³/mol. The van der Waals surface area contributed by atoms with Crippen LogP contribution in [0, 0.1) is 0 Å². The van der Waals surface area contributed by atoms with Crippen molar-refractivity contribution >= 4 is 11.2 Å². The Hall–Kier alpha value is -2.83. The lowest BCUT2D eigenvalue weighted by Crippen LogP contribution is -2.40. The Morgan fingerprint density at radius 2 is 1.81 bits per heavy atom.